The van der Waals surface area contributed by atoms with Crippen molar-refractivity contribution in [1.29, 1.82) is 0 Å². The Morgan fingerprint density at radius 1 is 0.920 bits per heavy atom. The molecule has 25 heavy (non-hydrogen) atoms. The predicted molar refractivity (Wildman–Crippen MR) is 93.6 cm³/mol. The van der Waals surface area contributed by atoms with Gasteiger partial charge in [-0.2, -0.15) is 8.42 Å². The van der Waals surface area contributed by atoms with Gasteiger partial charge in [0.05, 0.1) is 29.2 Å². The summed E-state index contributed by atoms with van der Waals surface area (Å²) in [6.07, 6.45) is 0. The average molecular weight is 492 g/mol. The van der Waals surface area contributed by atoms with Crippen molar-refractivity contribution in [3.8, 4) is 0 Å². The first-order chi connectivity index (χ1) is 11.0. The van der Waals surface area contributed by atoms with Crippen molar-refractivity contribution >= 4 is 91.0 Å². The number of carbonyl (C=O) groups excluding carboxylic acids is 2. The van der Waals surface area contributed by atoms with E-state index >= 15 is 0 Å². The topological polar surface area (TPSA) is 107 Å². The van der Waals surface area contributed by atoms with Crippen LogP contribution in [0.5, 0.6) is 0 Å². The molecule has 0 aromatic heterocycles. The van der Waals surface area contributed by atoms with Crippen LogP contribution >= 0.6 is 0 Å². The fourth-order valence-corrected chi connectivity index (χ4v) is 2.19. The quantitative estimate of drug-likeness (QED) is 0.458. The SMILES string of the molecule is CC(C)COC(=O)c1cc(C(=O)OCC(C)C)cc(S(=O)(=O)O)c1.[CsH]. The molecule has 0 heterocycles. The van der Waals surface area contributed by atoms with E-state index in [0.29, 0.717) is 0 Å². The fraction of sp³-hybridized carbons (Fsp3) is 0.500. The second kappa shape index (κ2) is 11.1. The minimum atomic E-state index is -4.59. The van der Waals surface area contributed by atoms with Crippen molar-refractivity contribution in [2.45, 2.75) is 32.6 Å². The molecule has 0 aliphatic carbocycles. The second-order valence-corrected chi connectivity index (χ2v) is 7.63. The zero-order valence-corrected chi connectivity index (χ0v) is 14.9. The molecule has 1 aromatic rings. The van der Waals surface area contributed by atoms with E-state index in [2.05, 4.69) is 0 Å². The Balaban J connectivity index is 0.00000576. The number of hydrogen-bond acceptors (Lipinski definition) is 6. The van der Waals surface area contributed by atoms with Crippen molar-refractivity contribution in [1.82, 2.24) is 0 Å². The Morgan fingerprint density at radius 3 is 1.56 bits per heavy atom. The molecule has 136 valence electrons. The normalized spacial score (nSPS) is 11.2. The van der Waals surface area contributed by atoms with Crippen LogP contribution in [0.1, 0.15) is 48.4 Å². The van der Waals surface area contributed by atoms with Gasteiger partial charge in [0.15, 0.2) is 0 Å². The first-order valence-electron chi connectivity index (χ1n) is 7.47. The third-order valence-electron chi connectivity index (χ3n) is 2.77. The molecule has 0 aliphatic heterocycles. The van der Waals surface area contributed by atoms with Crippen LogP contribution in [0, 0.1) is 11.8 Å². The zero-order chi connectivity index (χ0) is 18.5. The molecule has 0 spiro atoms. The van der Waals surface area contributed by atoms with Crippen molar-refractivity contribution in [2.24, 2.45) is 11.8 Å². The van der Waals surface area contributed by atoms with E-state index < -0.39 is 27.0 Å². The second-order valence-electron chi connectivity index (χ2n) is 6.21. The molecular weight excluding hydrogens is 469 g/mol. The van der Waals surface area contributed by atoms with Gasteiger partial charge < -0.3 is 9.47 Å². The molecule has 0 radical (unpaired) electrons. The van der Waals surface area contributed by atoms with Gasteiger partial charge in [-0.1, -0.05) is 27.7 Å². The van der Waals surface area contributed by atoms with Crippen LogP contribution in [-0.4, -0.2) is 107 Å². The first kappa shape index (κ1) is 25.1. The van der Waals surface area contributed by atoms with E-state index in [9.17, 15) is 22.6 Å². The van der Waals surface area contributed by atoms with Gasteiger partial charge in [-0.25, -0.2) is 9.59 Å². The fourth-order valence-electron chi connectivity index (χ4n) is 1.64. The van der Waals surface area contributed by atoms with Gasteiger partial charge in [-0.05, 0) is 30.0 Å². The first-order valence-corrected chi connectivity index (χ1v) is 8.91. The standard InChI is InChI=1S/C16H22O7S.Cs.H/c1-10(2)8-22-15(17)12-5-13(16(18)23-9-11(3)4)7-14(6-12)24(19,20)21;;/h5-7,10-11H,8-9H2,1-4H3,(H,19,20,21);;. The molecule has 1 rings (SSSR count). The molecule has 0 amide bonds. The zero-order valence-electron chi connectivity index (χ0n) is 14.1. The maximum absolute atomic E-state index is 12.0. The summed E-state index contributed by atoms with van der Waals surface area (Å²) in [6.45, 7) is 7.66. The molecule has 7 nitrogen and oxygen atoms in total. The summed E-state index contributed by atoms with van der Waals surface area (Å²) in [5.41, 5.74) is -0.301. The Hall–Kier alpha value is 0.122. The van der Waals surface area contributed by atoms with Crippen LogP contribution in [0.4, 0.5) is 0 Å². The van der Waals surface area contributed by atoms with Gasteiger partial charge >= 0.3 is 80.8 Å². The summed E-state index contributed by atoms with van der Waals surface area (Å²) in [6, 6.07) is 3.09. The average Bonchev–Trinajstić information content (AvgIpc) is 2.48. The summed E-state index contributed by atoms with van der Waals surface area (Å²) < 4.78 is 42.0. The number of ether oxygens (including phenoxy) is 2. The van der Waals surface area contributed by atoms with E-state index in [1.54, 1.807) is 0 Å². The summed E-state index contributed by atoms with van der Waals surface area (Å²) in [5.74, 6) is -1.39. The van der Waals surface area contributed by atoms with Gasteiger partial charge in [0.25, 0.3) is 10.1 Å². The van der Waals surface area contributed by atoms with Crippen LogP contribution in [0.2, 0.25) is 0 Å². The van der Waals surface area contributed by atoms with Crippen LogP contribution in [0.25, 0.3) is 0 Å². The van der Waals surface area contributed by atoms with E-state index in [1.807, 2.05) is 27.7 Å². The molecule has 0 fully saturated rings. The van der Waals surface area contributed by atoms with Crippen molar-refractivity contribution < 1.29 is 32.0 Å². The van der Waals surface area contributed by atoms with Crippen LogP contribution in [0.15, 0.2) is 23.1 Å². The van der Waals surface area contributed by atoms with Gasteiger partial charge in [-0.15, -0.1) is 0 Å². The van der Waals surface area contributed by atoms with Crippen molar-refractivity contribution in [2.75, 3.05) is 13.2 Å². The van der Waals surface area contributed by atoms with Gasteiger partial charge in [0, 0.05) is 0 Å². The van der Waals surface area contributed by atoms with Crippen LogP contribution in [-0.2, 0) is 19.6 Å². The molecule has 0 atom stereocenters. The molecular formula is C16H23CsO7S. The van der Waals surface area contributed by atoms with Crippen molar-refractivity contribution in [3.63, 3.8) is 0 Å². The van der Waals surface area contributed by atoms with Gasteiger partial charge in [0.1, 0.15) is 0 Å². The number of esters is 2. The summed E-state index contributed by atoms with van der Waals surface area (Å²) in [5, 5.41) is 0. The Kier molecular flexibility index (Phi) is 11.1. The minimum absolute atomic E-state index is 0. The van der Waals surface area contributed by atoms with Crippen molar-refractivity contribution in [3.05, 3.63) is 29.3 Å². The predicted octanol–water partition coefficient (Wildman–Crippen LogP) is 1.91. The number of rotatable bonds is 7. The number of benzene rings is 1. The third kappa shape index (κ3) is 9.05. The van der Waals surface area contributed by atoms with E-state index in [1.165, 1.54) is 6.07 Å². The van der Waals surface area contributed by atoms with E-state index in [0.717, 1.165) is 12.1 Å². The Morgan fingerprint density at radius 2 is 1.28 bits per heavy atom. The van der Waals surface area contributed by atoms with E-state index in [-0.39, 0.29) is 105 Å². The molecule has 0 saturated carbocycles. The monoisotopic (exact) mass is 492 g/mol. The number of carbonyl (C=O) groups is 2. The van der Waals surface area contributed by atoms with E-state index in [4.69, 9.17) is 9.47 Å². The Bertz CT molecular complexity index is 669. The molecule has 1 aromatic carbocycles. The summed E-state index contributed by atoms with van der Waals surface area (Å²) >= 11 is 0. The van der Waals surface area contributed by atoms with Crippen LogP contribution < -0.4 is 0 Å². The molecule has 0 bridgehead atoms. The summed E-state index contributed by atoms with van der Waals surface area (Å²) in [4.78, 5) is 23.5. The van der Waals surface area contributed by atoms with Crippen LogP contribution in [0.3, 0.4) is 0 Å². The van der Waals surface area contributed by atoms with Gasteiger partial charge in [0.2, 0.25) is 0 Å². The summed E-state index contributed by atoms with van der Waals surface area (Å²) in [7, 11) is -4.59. The van der Waals surface area contributed by atoms with Gasteiger partial charge in [-0.3, -0.25) is 4.55 Å². The molecule has 0 saturated heterocycles. The molecule has 0 unspecified atom stereocenters. The third-order valence-corrected chi connectivity index (χ3v) is 3.60. The number of hydrogen-bond donors (Lipinski definition) is 1. The molecule has 1 N–H and O–H groups in total. The molecule has 0 aliphatic rings. The Labute approximate surface area is 207 Å². The molecule has 9 heteroatoms. The maximum atomic E-state index is 12.0.